The molecule has 2 saturated carbocycles. The van der Waals surface area contributed by atoms with Gasteiger partial charge in [-0.2, -0.15) is 0 Å². The van der Waals surface area contributed by atoms with Gasteiger partial charge in [-0.25, -0.2) is 4.79 Å². The number of esters is 2. The summed E-state index contributed by atoms with van der Waals surface area (Å²) in [6.07, 6.45) is -0.919. The average Bonchev–Trinajstić information content (AvgIpc) is 3.09. The molecule has 0 aromatic heterocycles. The second-order valence-electron chi connectivity index (χ2n) is 15.2. The molecule has 21 atom stereocenters. The number of carbonyl (C=O) groups excluding carboxylic acids is 3. The molecule has 8 nitrogen and oxygen atoms in total. The fourth-order valence-electron chi connectivity index (χ4n) is 9.01. The number of hydrogen-bond donors (Lipinski definition) is 0. The van der Waals surface area contributed by atoms with Gasteiger partial charge in [0.2, 0.25) is 0 Å². The van der Waals surface area contributed by atoms with Crippen LogP contribution in [0.5, 0.6) is 0 Å². The molecule has 0 spiro atoms. The van der Waals surface area contributed by atoms with Crippen molar-refractivity contribution in [3.8, 4) is 0 Å². The van der Waals surface area contributed by atoms with Crippen LogP contribution in [0.1, 0.15) is 64.2 Å². The Kier molecular flexibility index (Phi) is 21.5. The largest absolute Gasteiger partial charge is 0.458 e. The first-order valence-corrected chi connectivity index (χ1v) is 52.2. The van der Waals surface area contributed by atoms with E-state index in [1.54, 1.807) is 12.1 Å². The number of carbonyl (C=O) groups is 3. The Balaban J connectivity index is 1.77. The highest BCUT2D eigenvalue weighted by Crippen LogP contribution is 3.17. The second-order valence-corrected chi connectivity index (χ2v) is 87.6. The van der Waals surface area contributed by atoms with Crippen LogP contribution in [0.2, 0.25) is 0 Å². The van der Waals surface area contributed by atoms with Crippen LogP contribution in [0.25, 0.3) is 0 Å². The minimum Gasteiger partial charge on any atom is -0.458 e. The molecule has 3 aliphatic carbocycles. The third kappa shape index (κ3) is 11.7. The predicted molar refractivity (Wildman–Crippen MR) is 299 cm³/mol. The van der Waals surface area contributed by atoms with E-state index in [0.29, 0.717) is 18.4 Å². The number of ketones is 1. The summed E-state index contributed by atoms with van der Waals surface area (Å²) in [6.45, 7) is 6.41. The van der Waals surface area contributed by atoms with Crippen molar-refractivity contribution in [1.82, 2.24) is 0 Å². The van der Waals surface area contributed by atoms with Crippen LogP contribution >= 0.6 is 162 Å². The molecule has 57 heavy (non-hydrogen) atoms. The summed E-state index contributed by atoms with van der Waals surface area (Å²) >= 11 is 0. The van der Waals surface area contributed by atoms with E-state index >= 15 is 4.79 Å². The zero-order chi connectivity index (χ0) is 42.5. The van der Waals surface area contributed by atoms with Crippen LogP contribution in [0.15, 0.2) is 41.5 Å². The van der Waals surface area contributed by atoms with E-state index < -0.39 is 117 Å². The molecule has 0 amide bonds. The Morgan fingerprint density at radius 3 is 1.89 bits per heavy atom. The smallest absolute Gasteiger partial charge is 0.338 e. The summed E-state index contributed by atoms with van der Waals surface area (Å²) in [5.41, 5.74) is -0.545. The second kappa shape index (κ2) is 22.6. The van der Waals surface area contributed by atoms with Gasteiger partial charge in [-0.05, 0) is 71.4 Å². The molecular formula is C29H56O8P20. The van der Waals surface area contributed by atoms with Gasteiger partial charge in [0, 0.05) is 56.6 Å². The van der Waals surface area contributed by atoms with Crippen molar-refractivity contribution in [1.29, 1.82) is 0 Å². The van der Waals surface area contributed by atoms with Crippen molar-refractivity contribution >= 4 is 180 Å². The average molecular weight is 1150 g/mol. The van der Waals surface area contributed by atoms with Crippen molar-refractivity contribution in [2.75, 3.05) is 6.61 Å². The standard InChI is InChI=1S/C29H56O8P20/c1-15-20(36-50(56(48)53(42)43)57(54(44)45)55(46)47)11-18-24(34-26(32)17-9-7-6-8-10-17)25-28(5,13-19(31)23(15)27(18,3)4)21(37-49(51(38)39)52(40)41)12-22-29(25,14-33-22)35-16(2)30/h6-10,18,20-22,24-25H,11-14,38-48H2,1-5H3/t18?,20-,21-,22+,24?,25?,28+,29-,50?,56?/m0/s1. The van der Waals surface area contributed by atoms with Crippen LogP contribution in [0.4, 0.5) is 0 Å². The van der Waals surface area contributed by atoms with Gasteiger partial charge >= 0.3 is 11.9 Å². The first-order chi connectivity index (χ1) is 26.5. The highest BCUT2D eigenvalue weighted by molar-refractivity contribution is 9.19. The number of Topliss-reactive ketones (excluding diaryl/α,β-unsaturated/α-hetero) is 1. The van der Waals surface area contributed by atoms with Crippen molar-refractivity contribution in [3.05, 3.63) is 47.0 Å². The van der Waals surface area contributed by atoms with E-state index in [2.05, 4.69) is 126 Å². The van der Waals surface area contributed by atoms with E-state index in [1.807, 2.05) is 18.2 Å². The minimum absolute atomic E-state index is 0.0570. The Morgan fingerprint density at radius 1 is 0.807 bits per heavy atom. The zero-order valence-electron chi connectivity index (χ0n) is 32.3. The van der Waals surface area contributed by atoms with Gasteiger partial charge in [0.15, 0.2) is 11.4 Å². The quantitative estimate of drug-likeness (QED) is 0.134. The molecule has 16 unspecified atom stereocenters. The molecule has 1 aromatic carbocycles. The van der Waals surface area contributed by atoms with Gasteiger partial charge in [-0.3, -0.25) is 9.59 Å². The van der Waals surface area contributed by atoms with Gasteiger partial charge in [-0.15, -0.1) is 89.3 Å². The summed E-state index contributed by atoms with van der Waals surface area (Å²) in [5, 5.41) is 0. The van der Waals surface area contributed by atoms with Crippen molar-refractivity contribution in [3.63, 3.8) is 0 Å². The predicted octanol–water partition coefficient (Wildman–Crippen LogP) is 15.3. The lowest BCUT2D eigenvalue weighted by atomic mass is 9.46. The summed E-state index contributed by atoms with van der Waals surface area (Å²) < 4.78 is 34.6. The third-order valence-electron chi connectivity index (χ3n) is 11.3. The third-order valence-corrected chi connectivity index (χ3v) is 105. The van der Waals surface area contributed by atoms with Gasteiger partial charge in [-0.1, -0.05) is 47.9 Å². The molecule has 0 N–H and O–H groups in total. The maximum Gasteiger partial charge on any atom is 0.338 e. The number of allylic oxidation sites excluding steroid dienone is 1. The number of benzene rings is 1. The molecule has 5 rings (SSSR count). The number of rotatable bonds is 14. The molecule has 1 aromatic rings. The van der Waals surface area contributed by atoms with E-state index in [0.717, 1.165) is 11.1 Å². The summed E-state index contributed by atoms with van der Waals surface area (Å²) in [6, 6.07) is 9.09. The molecule has 1 heterocycles. The highest BCUT2D eigenvalue weighted by Gasteiger charge is 2.73. The molecule has 0 radical (unpaired) electrons. The molecule has 3 fully saturated rings. The molecule has 28 heteroatoms. The molecule has 320 valence electrons. The first-order valence-electron chi connectivity index (χ1n) is 17.6. The summed E-state index contributed by atoms with van der Waals surface area (Å²) in [5.74, 6) is -1.80. The van der Waals surface area contributed by atoms with Gasteiger partial charge in [0.25, 0.3) is 0 Å². The molecule has 2 bridgehead atoms. The van der Waals surface area contributed by atoms with Crippen molar-refractivity contribution in [2.45, 2.75) is 83.9 Å². The maximum absolute atomic E-state index is 15.4. The summed E-state index contributed by atoms with van der Waals surface area (Å²) in [7, 11) is 31.6. The maximum atomic E-state index is 15.4. The van der Waals surface area contributed by atoms with Gasteiger partial charge in [0.05, 0.1) is 39.4 Å². The first kappa shape index (κ1) is 54.0. The number of ether oxygens (including phenoxy) is 3. The lowest BCUT2D eigenvalue weighted by molar-refractivity contribution is -0.336. The van der Waals surface area contributed by atoms with Crippen LogP contribution in [0, 0.1) is 22.7 Å². The normalized spacial score (nSPS) is 32.3. The molecular weight excluding hydrogens is 1100 g/mol. The lowest BCUT2D eigenvalue weighted by Crippen LogP contribution is -2.77. The van der Waals surface area contributed by atoms with E-state index in [-0.39, 0.29) is 30.8 Å². The van der Waals surface area contributed by atoms with E-state index in [4.69, 9.17) is 23.3 Å². The van der Waals surface area contributed by atoms with Gasteiger partial charge < -0.3 is 23.3 Å². The van der Waals surface area contributed by atoms with Crippen LogP contribution in [-0.2, 0) is 32.8 Å². The Hall–Kier alpha value is 6.05. The Bertz CT molecular complexity index is 1660. The fourth-order valence-corrected chi connectivity index (χ4v) is 138. The fraction of sp³-hybridized carbons (Fsp3) is 0.621. The Morgan fingerprint density at radius 2 is 1.40 bits per heavy atom. The van der Waals surface area contributed by atoms with Crippen molar-refractivity contribution in [2.24, 2.45) is 22.7 Å². The number of fused-ring (bicyclic) bond motifs is 5. The number of hydrogen-bond acceptors (Lipinski definition) is 8. The zero-order valence-corrected chi connectivity index (χ0v) is 53.1. The SMILES string of the molecule is CC(=O)O[C@@]12CO[C@@H]1C[C@H](OP(P(P)P)P(P)P)[C@@]1(C)CC(=O)C3=C(C)[C@@H](OP(P(P)P(P)P)P(P(P)P)P(P)P)CC(C(OC(=O)c4ccccc4)C12)C3(C)C. The topological polar surface area (TPSA) is 97.4 Å². The molecule has 1 aliphatic heterocycles. The highest BCUT2D eigenvalue weighted by atomic mass is 33.2. The van der Waals surface area contributed by atoms with Crippen molar-refractivity contribution < 1.29 is 37.6 Å². The van der Waals surface area contributed by atoms with Gasteiger partial charge in [0.1, 0.15) is 12.2 Å². The Labute approximate surface area is 375 Å². The monoisotopic (exact) mass is 1150 g/mol. The van der Waals surface area contributed by atoms with Crippen LogP contribution in [-0.4, -0.2) is 54.3 Å². The van der Waals surface area contributed by atoms with Crippen LogP contribution < -0.4 is 0 Å². The minimum atomic E-state index is -1.13. The molecule has 4 aliphatic rings. The van der Waals surface area contributed by atoms with E-state index in [9.17, 15) is 9.59 Å². The van der Waals surface area contributed by atoms with E-state index in [1.165, 1.54) is 6.92 Å². The lowest BCUT2D eigenvalue weighted by Gasteiger charge is -2.66. The molecule has 1 saturated heterocycles. The van der Waals surface area contributed by atoms with Crippen LogP contribution in [0.3, 0.4) is 0 Å². The summed E-state index contributed by atoms with van der Waals surface area (Å²) in [4.78, 5) is 43.2.